The van der Waals surface area contributed by atoms with E-state index in [2.05, 4.69) is 26.1 Å². The van der Waals surface area contributed by atoms with E-state index in [0.29, 0.717) is 12.5 Å². The molecule has 0 saturated carbocycles. The molecule has 0 aliphatic carbocycles. The lowest BCUT2D eigenvalue weighted by Crippen LogP contribution is -2.71. The molecule has 0 bridgehead atoms. The van der Waals surface area contributed by atoms with Crippen LogP contribution in [0.25, 0.3) is 0 Å². The lowest BCUT2D eigenvalue weighted by atomic mass is 9.73. The summed E-state index contributed by atoms with van der Waals surface area (Å²) in [5.74, 6) is 0.505. The fourth-order valence-electron chi connectivity index (χ4n) is 3.11. The second kappa shape index (κ2) is 6.94. The largest absolute Gasteiger partial charge is 0.445 e. The minimum Gasteiger partial charge on any atom is -0.445 e. The number of hydrogen-bond acceptors (Lipinski definition) is 3. The molecule has 1 amide bonds. The van der Waals surface area contributed by atoms with Gasteiger partial charge in [-0.25, -0.2) is 4.79 Å². The molecule has 1 N–H and O–H groups in total. The number of nitrogens with zero attached hydrogens (tertiary/aromatic N) is 1. The molecular weight excluding hydrogens is 264 g/mol. The Balaban J connectivity index is 1.95. The van der Waals surface area contributed by atoms with Crippen molar-refractivity contribution in [1.29, 1.82) is 0 Å². The molecule has 21 heavy (non-hydrogen) atoms. The molecule has 1 saturated heterocycles. The van der Waals surface area contributed by atoms with Crippen LogP contribution in [0.5, 0.6) is 0 Å². The van der Waals surface area contributed by atoms with Gasteiger partial charge in [-0.3, -0.25) is 0 Å². The van der Waals surface area contributed by atoms with Crippen molar-refractivity contribution in [3.8, 4) is 0 Å². The van der Waals surface area contributed by atoms with E-state index < -0.39 is 0 Å². The van der Waals surface area contributed by atoms with E-state index in [9.17, 15) is 4.79 Å². The van der Waals surface area contributed by atoms with Gasteiger partial charge in [-0.1, -0.05) is 51.1 Å². The summed E-state index contributed by atoms with van der Waals surface area (Å²) in [5, 5.41) is 3.38. The van der Waals surface area contributed by atoms with E-state index in [4.69, 9.17) is 4.74 Å². The predicted molar refractivity (Wildman–Crippen MR) is 84.1 cm³/mol. The number of rotatable bonds is 6. The van der Waals surface area contributed by atoms with Gasteiger partial charge in [0.05, 0.1) is 5.54 Å². The van der Waals surface area contributed by atoms with Gasteiger partial charge in [0.1, 0.15) is 6.61 Å². The maximum atomic E-state index is 12.4. The quantitative estimate of drug-likeness (QED) is 0.875. The highest BCUT2D eigenvalue weighted by molar-refractivity contribution is 5.70. The standard InChI is InChI=1S/C17H26N2O2/c1-4-17(13-18-5-2)14(3)11-19(17)16(20)21-12-15-9-7-6-8-10-15/h6-10,14,18H,4-5,11-13H2,1-3H3/t14-,17-/m0/s1. The molecule has 116 valence electrons. The molecule has 1 aromatic rings. The Hall–Kier alpha value is -1.55. The molecular formula is C17H26N2O2. The summed E-state index contributed by atoms with van der Waals surface area (Å²) in [5.41, 5.74) is 0.928. The van der Waals surface area contributed by atoms with Crippen molar-refractivity contribution in [1.82, 2.24) is 10.2 Å². The molecule has 1 aliphatic heterocycles. The molecule has 0 unspecified atom stereocenters. The Bertz CT molecular complexity index is 463. The van der Waals surface area contributed by atoms with Crippen molar-refractivity contribution in [2.24, 2.45) is 5.92 Å². The maximum Gasteiger partial charge on any atom is 0.410 e. The Labute approximate surface area is 127 Å². The van der Waals surface area contributed by atoms with Crippen LogP contribution in [0.1, 0.15) is 32.8 Å². The summed E-state index contributed by atoms with van der Waals surface area (Å²) < 4.78 is 5.48. The first-order chi connectivity index (χ1) is 10.1. The first-order valence-corrected chi connectivity index (χ1v) is 7.83. The number of carbonyl (C=O) groups is 1. The lowest BCUT2D eigenvalue weighted by molar-refractivity contribution is -0.0647. The summed E-state index contributed by atoms with van der Waals surface area (Å²) in [7, 11) is 0. The Morgan fingerprint density at radius 2 is 2.10 bits per heavy atom. The fraction of sp³-hybridized carbons (Fsp3) is 0.588. The average molecular weight is 290 g/mol. The molecule has 2 atom stereocenters. The average Bonchev–Trinajstić information content (AvgIpc) is 2.52. The van der Waals surface area contributed by atoms with E-state index in [1.165, 1.54) is 0 Å². The van der Waals surface area contributed by atoms with E-state index in [0.717, 1.165) is 31.6 Å². The van der Waals surface area contributed by atoms with Crippen molar-refractivity contribution in [2.45, 2.75) is 39.3 Å². The highest BCUT2D eigenvalue weighted by Crippen LogP contribution is 2.39. The van der Waals surface area contributed by atoms with Crippen LogP contribution in [0.15, 0.2) is 30.3 Å². The second-order valence-electron chi connectivity index (χ2n) is 5.79. The van der Waals surface area contributed by atoms with E-state index >= 15 is 0 Å². The van der Waals surface area contributed by atoms with Gasteiger partial charge >= 0.3 is 6.09 Å². The molecule has 0 spiro atoms. The van der Waals surface area contributed by atoms with Gasteiger partial charge in [-0.15, -0.1) is 0 Å². The van der Waals surface area contributed by atoms with E-state index in [-0.39, 0.29) is 11.6 Å². The fourth-order valence-corrected chi connectivity index (χ4v) is 3.11. The van der Waals surface area contributed by atoms with Crippen LogP contribution in [-0.4, -0.2) is 36.2 Å². The number of benzene rings is 1. The zero-order valence-corrected chi connectivity index (χ0v) is 13.3. The van der Waals surface area contributed by atoms with Crippen molar-refractivity contribution >= 4 is 6.09 Å². The third kappa shape index (κ3) is 3.21. The number of hydrogen-bond donors (Lipinski definition) is 1. The number of carbonyl (C=O) groups excluding carboxylic acids is 1. The highest BCUT2D eigenvalue weighted by Gasteiger charge is 2.52. The predicted octanol–water partition coefficient (Wildman–Crippen LogP) is 3.03. The molecule has 2 rings (SSSR count). The number of likely N-dealkylation sites (tertiary alicyclic amines) is 1. The van der Waals surface area contributed by atoms with Crippen molar-refractivity contribution in [2.75, 3.05) is 19.6 Å². The number of likely N-dealkylation sites (N-methyl/N-ethyl adjacent to an activating group) is 1. The number of ether oxygens (including phenoxy) is 1. The first-order valence-electron chi connectivity index (χ1n) is 7.83. The Morgan fingerprint density at radius 1 is 1.38 bits per heavy atom. The van der Waals surface area contributed by atoms with Crippen molar-refractivity contribution in [3.63, 3.8) is 0 Å². The van der Waals surface area contributed by atoms with Crippen LogP contribution in [0.4, 0.5) is 4.79 Å². The molecule has 4 nitrogen and oxygen atoms in total. The molecule has 0 radical (unpaired) electrons. The third-order valence-electron chi connectivity index (χ3n) is 4.63. The summed E-state index contributed by atoms with van der Waals surface area (Å²) in [6.07, 6.45) is 0.749. The summed E-state index contributed by atoms with van der Waals surface area (Å²) in [6, 6.07) is 9.81. The van der Waals surface area contributed by atoms with Gasteiger partial charge in [-0.05, 0) is 24.4 Å². The highest BCUT2D eigenvalue weighted by atomic mass is 16.6. The van der Waals surface area contributed by atoms with Crippen LogP contribution in [-0.2, 0) is 11.3 Å². The summed E-state index contributed by atoms with van der Waals surface area (Å²) in [4.78, 5) is 14.2. The smallest absolute Gasteiger partial charge is 0.410 e. The van der Waals surface area contributed by atoms with Crippen molar-refractivity contribution < 1.29 is 9.53 Å². The van der Waals surface area contributed by atoms with Crippen LogP contribution in [0.3, 0.4) is 0 Å². The topological polar surface area (TPSA) is 41.6 Å². The van der Waals surface area contributed by atoms with Gasteiger partial charge in [0.25, 0.3) is 0 Å². The third-order valence-corrected chi connectivity index (χ3v) is 4.63. The van der Waals surface area contributed by atoms with Crippen LogP contribution < -0.4 is 5.32 Å². The normalized spacial score (nSPS) is 24.5. The molecule has 1 fully saturated rings. The van der Waals surface area contributed by atoms with E-state index in [1.54, 1.807) is 0 Å². The maximum absolute atomic E-state index is 12.4. The van der Waals surface area contributed by atoms with Gasteiger partial charge in [0.2, 0.25) is 0 Å². The summed E-state index contributed by atoms with van der Waals surface area (Å²) >= 11 is 0. The van der Waals surface area contributed by atoms with Gasteiger partial charge in [-0.2, -0.15) is 0 Å². The SMILES string of the molecule is CCNC[C@@]1(CC)[C@@H](C)CN1C(=O)OCc1ccccc1. The van der Waals surface area contributed by atoms with E-state index in [1.807, 2.05) is 35.2 Å². The molecule has 1 aromatic carbocycles. The Morgan fingerprint density at radius 3 is 2.67 bits per heavy atom. The zero-order chi connectivity index (χ0) is 15.3. The number of amides is 1. The summed E-state index contributed by atoms with van der Waals surface area (Å²) in [6.45, 7) is 9.32. The molecule has 0 aromatic heterocycles. The molecule has 1 aliphatic rings. The monoisotopic (exact) mass is 290 g/mol. The zero-order valence-electron chi connectivity index (χ0n) is 13.3. The van der Waals surface area contributed by atoms with Crippen LogP contribution in [0, 0.1) is 5.92 Å². The Kier molecular flexibility index (Phi) is 5.23. The number of nitrogens with one attached hydrogen (secondary N) is 1. The minimum absolute atomic E-state index is 0.0935. The molecule has 4 heteroatoms. The lowest BCUT2D eigenvalue weighted by Gasteiger charge is -2.57. The first kappa shape index (κ1) is 15.8. The van der Waals surface area contributed by atoms with Crippen molar-refractivity contribution in [3.05, 3.63) is 35.9 Å². The minimum atomic E-state index is -0.197. The van der Waals surface area contributed by atoms with Crippen LogP contribution >= 0.6 is 0 Å². The van der Waals surface area contributed by atoms with Gasteiger partial charge < -0.3 is 15.0 Å². The van der Waals surface area contributed by atoms with Gasteiger partial charge in [0, 0.05) is 13.1 Å². The second-order valence-corrected chi connectivity index (χ2v) is 5.79. The van der Waals surface area contributed by atoms with Gasteiger partial charge in [0.15, 0.2) is 0 Å². The van der Waals surface area contributed by atoms with Crippen LogP contribution in [0.2, 0.25) is 0 Å². The molecule has 1 heterocycles.